The summed E-state index contributed by atoms with van der Waals surface area (Å²) in [6.45, 7) is 3.76. The summed E-state index contributed by atoms with van der Waals surface area (Å²) in [5.74, 6) is 2.23. The molecule has 2 rings (SSSR count). The minimum atomic E-state index is -0.634. The lowest BCUT2D eigenvalue weighted by atomic mass is 10.1. The molecular weight excluding hydrogens is 262 g/mol. The van der Waals surface area contributed by atoms with Crippen LogP contribution in [-0.4, -0.2) is 58.3 Å². The van der Waals surface area contributed by atoms with Crippen LogP contribution in [0.1, 0.15) is 11.6 Å². The van der Waals surface area contributed by atoms with Crippen LogP contribution >= 0.6 is 11.8 Å². The smallest absolute Gasteiger partial charge is 0.241 e. The van der Waals surface area contributed by atoms with E-state index in [9.17, 15) is 4.79 Å². The van der Waals surface area contributed by atoms with E-state index in [4.69, 9.17) is 5.73 Å². The fourth-order valence-corrected chi connectivity index (χ4v) is 3.00. The van der Waals surface area contributed by atoms with Gasteiger partial charge in [-0.05, 0) is 0 Å². The number of hydrogen-bond acceptors (Lipinski definition) is 5. The first kappa shape index (κ1) is 14.4. The molecule has 1 aliphatic rings. The summed E-state index contributed by atoms with van der Waals surface area (Å²) in [6, 6.07) is -0.634. The molecule has 19 heavy (non-hydrogen) atoms. The monoisotopic (exact) mass is 283 g/mol. The van der Waals surface area contributed by atoms with E-state index >= 15 is 0 Å². The van der Waals surface area contributed by atoms with Gasteiger partial charge in [-0.2, -0.15) is 16.9 Å². The molecule has 1 aromatic heterocycles. The van der Waals surface area contributed by atoms with Gasteiger partial charge >= 0.3 is 0 Å². The summed E-state index contributed by atoms with van der Waals surface area (Å²) in [5.41, 5.74) is 6.63. The second kappa shape index (κ2) is 6.93. The van der Waals surface area contributed by atoms with Crippen LogP contribution in [0.25, 0.3) is 0 Å². The lowest BCUT2D eigenvalue weighted by molar-refractivity contribution is -0.122. The first-order valence-electron chi connectivity index (χ1n) is 6.49. The van der Waals surface area contributed by atoms with Crippen LogP contribution in [0.15, 0.2) is 12.4 Å². The average Bonchev–Trinajstić information content (AvgIpc) is 2.85. The van der Waals surface area contributed by atoms with Gasteiger partial charge in [0.15, 0.2) is 0 Å². The van der Waals surface area contributed by atoms with Crippen molar-refractivity contribution in [3.05, 3.63) is 18.0 Å². The van der Waals surface area contributed by atoms with E-state index < -0.39 is 6.04 Å². The summed E-state index contributed by atoms with van der Waals surface area (Å²) < 4.78 is 1.65. The first-order chi connectivity index (χ1) is 9.16. The molecule has 0 saturated carbocycles. The largest absolute Gasteiger partial charge is 0.353 e. The number of nitrogens with one attached hydrogen (secondary N) is 1. The van der Waals surface area contributed by atoms with Gasteiger partial charge in [0.1, 0.15) is 6.04 Å². The number of nitrogens with zero attached hydrogens (tertiary/aromatic N) is 3. The normalized spacial score (nSPS) is 18.2. The standard InChI is InChI=1S/C12H21N5OS/c1-16-9-10(8-15-16)11(13)12(18)14-2-3-17-4-6-19-7-5-17/h8-9,11H,2-7,13H2,1H3,(H,14,18). The van der Waals surface area contributed by atoms with Crippen LogP contribution in [0.3, 0.4) is 0 Å². The number of rotatable bonds is 5. The number of amides is 1. The molecule has 1 atom stereocenters. The van der Waals surface area contributed by atoms with Gasteiger partial charge in [0, 0.05) is 56.5 Å². The first-order valence-corrected chi connectivity index (χ1v) is 7.64. The van der Waals surface area contributed by atoms with Crippen LogP contribution in [-0.2, 0) is 11.8 Å². The van der Waals surface area contributed by atoms with Crippen LogP contribution < -0.4 is 11.1 Å². The summed E-state index contributed by atoms with van der Waals surface area (Å²) >= 11 is 1.98. The van der Waals surface area contributed by atoms with Crippen molar-refractivity contribution in [3.8, 4) is 0 Å². The lowest BCUT2D eigenvalue weighted by Gasteiger charge is -2.26. The molecule has 1 amide bonds. The Morgan fingerprint density at radius 2 is 2.32 bits per heavy atom. The highest BCUT2D eigenvalue weighted by atomic mass is 32.2. The second-order valence-electron chi connectivity index (χ2n) is 4.67. The minimum Gasteiger partial charge on any atom is -0.353 e. The number of aromatic nitrogens is 2. The van der Waals surface area contributed by atoms with Crippen molar-refractivity contribution in [2.24, 2.45) is 12.8 Å². The molecule has 0 bridgehead atoms. The van der Waals surface area contributed by atoms with Crippen LogP contribution in [0, 0.1) is 0 Å². The number of aryl methyl sites for hydroxylation is 1. The van der Waals surface area contributed by atoms with E-state index in [1.54, 1.807) is 17.1 Å². The Morgan fingerprint density at radius 1 is 1.58 bits per heavy atom. The molecule has 0 aromatic carbocycles. The average molecular weight is 283 g/mol. The summed E-state index contributed by atoms with van der Waals surface area (Å²) in [4.78, 5) is 14.3. The van der Waals surface area contributed by atoms with Crippen molar-refractivity contribution in [2.75, 3.05) is 37.7 Å². The number of hydrogen-bond donors (Lipinski definition) is 2. The summed E-state index contributed by atoms with van der Waals surface area (Å²) in [7, 11) is 1.81. The predicted molar refractivity (Wildman–Crippen MR) is 76.9 cm³/mol. The summed E-state index contributed by atoms with van der Waals surface area (Å²) in [5, 5.41) is 6.91. The maximum Gasteiger partial charge on any atom is 0.241 e. The molecule has 0 aliphatic carbocycles. The quantitative estimate of drug-likeness (QED) is 0.768. The predicted octanol–water partition coefficient (Wildman–Crippen LogP) is -0.415. The van der Waals surface area contributed by atoms with E-state index in [2.05, 4.69) is 15.3 Å². The minimum absolute atomic E-state index is 0.139. The van der Waals surface area contributed by atoms with Crippen molar-refractivity contribution in [3.63, 3.8) is 0 Å². The molecule has 6 nitrogen and oxygen atoms in total. The molecule has 1 aromatic rings. The third-order valence-corrected chi connectivity index (χ3v) is 4.14. The number of carbonyl (C=O) groups excluding carboxylic acids is 1. The molecule has 7 heteroatoms. The Bertz CT molecular complexity index is 416. The third-order valence-electron chi connectivity index (χ3n) is 3.20. The molecule has 1 fully saturated rings. The Morgan fingerprint density at radius 3 is 2.95 bits per heavy atom. The van der Waals surface area contributed by atoms with Gasteiger partial charge in [0.25, 0.3) is 0 Å². The van der Waals surface area contributed by atoms with E-state index in [-0.39, 0.29) is 5.91 Å². The van der Waals surface area contributed by atoms with E-state index in [0.29, 0.717) is 6.54 Å². The van der Waals surface area contributed by atoms with Crippen molar-refractivity contribution < 1.29 is 4.79 Å². The van der Waals surface area contributed by atoms with Gasteiger partial charge in [-0.1, -0.05) is 0 Å². The zero-order valence-corrected chi connectivity index (χ0v) is 12.0. The highest BCUT2D eigenvalue weighted by Crippen LogP contribution is 2.09. The zero-order valence-electron chi connectivity index (χ0n) is 11.2. The lowest BCUT2D eigenvalue weighted by Crippen LogP contribution is -2.41. The van der Waals surface area contributed by atoms with E-state index in [1.807, 2.05) is 18.8 Å². The molecule has 1 saturated heterocycles. The van der Waals surface area contributed by atoms with Gasteiger partial charge in [0.05, 0.1) is 6.20 Å². The van der Waals surface area contributed by atoms with Crippen LogP contribution in [0.2, 0.25) is 0 Å². The Kier molecular flexibility index (Phi) is 5.24. The van der Waals surface area contributed by atoms with Gasteiger partial charge < -0.3 is 11.1 Å². The van der Waals surface area contributed by atoms with Gasteiger partial charge in [-0.3, -0.25) is 14.4 Å². The molecule has 2 heterocycles. The Balaban J connectivity index is 1.71. The number of carbonyl (C=O) groups is 1. The van der Waals surface area contributed by atoms with Crippen molar-refractivity contribution >= 4 is 17.7 Å². The summed E-state index contributed by atoms with van der Waals surface area (Å²) in [6.07, 6.45) is 3.40. The van der Waals surface area contributed by atoms with Crippen molar-refractivity contribution in [2.45, 2.75) is 6.04 Å². The van der Waals surface area contributed by atoms with Crippen LogP contribution in [0.5, 0.6) is 0 Å². The topological polar surface area (TPSA) is 76.2 Å². The van der Waals surface area contributed by atoms with Crippen LogP contribution in [0.4, 0.5) is 0 Å². The molecular formula is C12H21N5OS. The third kappa shape index (κ3) is 4.22. The molecule has 1 unspecified atom stereocenters. The maximum absolute atomic E-state index is 11.9. The maximum atomic E-state index is 11.9. The van der Waals surface area contributed by atoms with Gasteiger partial charge in [0.2, 0.25) is 5.91 Å². The highest BCUT2D eigenvalue weighted by molar-refractivity contribution is 7.99. The van der Waals surface area contributed by atoms with Crippen molar-refractivity contribution in [1.82, 2.24) is 20.0 Å². The molecule has 3 N–H and O–H groups in total. The van der Waals surface area contributed by atoms with Crippen molar-refractivity contribution in [1.29, 1.82) is 0 Å². The Labute approximate surface area is 117 Å². The molecule has 0 radical (unpaired) electrons. The molecule has 1 aliphatic heterocycles. The molecule has 106 valence electrons. The second-order valence-corrected chi connectivity index (χ2v) is 5.89. The van der Waals surface area contributed by atoms with Gasteiger partial charge in [-0.25, -0.2) is 0 Å². The highest BCUT2D eigenvalue weighted by Gasteiger charge is 2.17. The van der Waals surface area contributed by atoms with E-state index in [1.165, 1.54) is 11.5 Å². The Hall–Kier alpha value is -1.05. The zero-order chi connectivity index (χ0) is 13.7. The fourth-order valence-electron chi connectivity index (χ4n) is 2.02. The number of nitrogens with two attached hydrogens (primary N) is 1. The fraction of sp³-hybridized carbons (Fsp3) is 0.667. The van der Waals surface area contributed by atoms with Gasteiger partial charge in [-0.15, -0.1) is 0 Å². The SMILES string of the molecule is Cn1cc(C(N)C(=O)NCCN2CCSCC2)cn1. The number of thioether (sulfide) groups is 1. The molecule has 0 spiro atoms. The van der Waals surface area contributed by atoms with E-state index in [0.717, 1.165) is 25.2 Å².